The fraction of sp³-hybridized carbons (Fsp3) is 0.200. The van der Waals surface area contributed by atoms with Crippen LogP contribution < -0.4 is 15.8 Å². The second kappa shape index (κ2) is 6.82. The van der Waals surface area contributed by atoms with Gasteiger partial charge in [0.1, 0.15) is 17.7 Å². The van der Waals surface area contributed by atoms with Crippen molar-refractivity contribution in [3.8, 4) is 17.0 Å². The fourth-order valence-electron chi connectivity index (χ4n) is 1.87. The highest BCUT2D eigenvalue weighted by atomic mass is 19.1. The molecule has 1 atom stereocenters. The molecule has 0 fully saturated rings. The molecule has 1 unspecified atom stereocenters. The Morgan fingerprint density at radius 2 is 2.04 bits per heavy atom. The predicted octanol–water partition coefficient (Wildman–Crippen LogP) is 2.59. The summed E-state index contributed by atoms with van der Waals surface area (Å²) in [6.45, 7) is 2.73. The standard InChI is InChI=1S/C15H15FN4O3/c1-8(16)10-3-4-12(18-6-10)11-7-19-14(20-9(2)21)5-13(11)23-15(17)22/h3-8H,1-2H3,(H2,17,22)(H,19,20,21). The molecule has 120 valence electrons. The van der Waals surface area contributed by atoms with Gasteiger partial charge in [0.05, 0.1) is 11.3 Å². The van der Waals surface area contributed by atoms with Crippen molar-refractivity contribution < 1.29 is 18.7 Å². The zero-order valence-electron chi connectivity index (χ0n) is 12.5. The highest BCUT2D eigenvalue weighted by Gasteiger charge is 2.14. The van der Waals surface area contributed by atoms with E-state index in [1.807, 2.05) is 0 Å². The van der Waals surface area contributed by atoms with Crippen LogP contribution in [0.25, 0.3) is 11.3 Å². The fourth-order valence-corrected chi connectivity index (χ4v) is 1.87. The van der Waals surface area contributed by atoms with E-state index in [-0.39, 0.29) is 17.5 Å². The Balaban J connectivity index is 2.43. The SMILES string of the molecule is CC(=O)Nc1cc(OC(N)=O)c(-c2ccc(C(C)F)cn2)cn1. The Morgan fingerprint density at radius 1 is 1.30 bits per heavy atom. The monoisotopic (exact) mass is 318 g/mol. The molecule has 7 nitrogen and oxygen atoms in total. The van der Waals surface area contributed by atoms with Crippen molar-refractivity contribution in [2.75, 3.05) is 5.32 Å². The lowest BCUT2D eigenvalue weighted by atomic mass is 10.1. The molecule has 0 aromatic carbocycles. The summed E-state index contributed by atoms with van der Waals surface area (Å²) in [5, 5.41) is 2.47. The molecule has 2 aromatic heterocycles. The van der Waals surface area contributed by atoms with Gasteiger partial charge in [0.2, 0.25) is 5.91 Å². The van der Waals surface area contributed by atoms with Gasteiger partial charge in [-0.05, 0) is 13.0 Å². The van der Waals surface area contributed by atoms with Crippen molar-refractivity contribution in [1.82, 2.24) is 9.97 Å². The van der Waals surface area contributed by atoms with Crippen molar-refractivity contribution in [2.45, 2.75) is 20.0 Å². The quantitative estimate of drug-likeness (QED) is 0.901. The van der Waals surface area contributed by atoms with Gasteiger partial charge in [-0.15, -0.1) is 0 Å². The number of pyridine rings is 2. The van der Waals surface area contributed by atoms with E-state index in [1.165, 1.54) is 32.3 Å². The number of halogens is 1. The molecular formula is C15H15FN4O3. The van der Waals surface area contributed by atoms with Crippen molar-refractivity contribution in [3.63, 3.8) is 0 Å². The van der Waals surface area contributed by atoms with Gasteiger partial charge in [0.15, 0.2) is 0 Å². The summed E-state index contributed by atoms with van der Waals surface area (Å²) in [5.41, 5.74) is 6.28. The Morgan fingerprint density at radius 3 is 2.57 bits per heavy atom. The van der Waals surface area contributed by atoms with Crippen LogP contribution in [-0.2, 0) is 4.79 Å². The Kier molecular flexibility index (Phi) is 4.85. The van der Waals surface area contributed by atoms with Gasteiger partial charge in [0, 0.05) is 30.9 Å². The van der Waals surface area contributed by atoms with Crippen LogP contribution in [0.15, 0.2) is 30.6 Å². The van der Waals surface area contributed by atoms with Crippen LogP contribution in [0.3, 0.4) is 0 Å². The maximum Gasteiger partial charge on any atom is 0.409 e. The molecule has 0 saturated heterocycles. The molecule has 8 heteroatoms. The van der Waals surface area contributed by atoms with Crippen LogP contribution in [0.2, 0.25) is 0 Å². The number of nitrogens with zero attached hydrogens (tertiary/aromatic N) is 2. The Bertz CT molecular complexity index is 732. The zero-order valence-corrected chi connectivity index (χ0v) is 12.5. The second-order valence-corrected chi connectivity index (χ2v) is 4.76. The number of hydrogen-bond acceptors (Lipinski definition) is 5. The minimum Gasteiger partial charge on any atom is -0.410 e. The molecule has 23 heavy (non-hydrogen) atoms. The summed E-state index contributed by atoms with van der Waals surface area (Å²) in [6.07, 6.45) is 0.610. The maximum atomic E-state index is 13.2. The highest BCUT2D eigenvalue weighted by molar-refractivity contribution is 5.88. The maximum absolute atomic E-state index is 13.2. The molecule has 0 aliphatic rings. The number of aromatic nitrogens is 2. The number of carbonyl (C=O) groups excluding carboxylic acids is 2. The number of ether oxygens (including phenoxy) is 1. The Labute approximate surface area is 131 Å². The molecule has 0 radical (unpaired) electrons. The lowest BCUT2D eigenvalue weighted by molar-refractivity contribution is -0.114. The van der Waals surface area contributed by atoms with Crippen molar-refractivity contribution in [2.24, 2.45) is 5.73 Å². The molecule has 3 N–H and O–H groups in total. The van der Waals surface area contributed by atoms with Gasteiger partial charge in [-0.25, -0.2) is 14.2 Å². The average molecular weight is 318 g/mol. The number of nitrogens with one attached hydrogen (secondary N) is 1. The van der Waals surface area contributed by atoms with Gasteiger partial charge >= 0.3 is 6.09 Å². The molecule has 0 saturated carbocycles. The largest absolute Gasteiger partial charge is 0.410 e. The van der Waals surface area contributed by atoms with Crippen LogP contribution in [-0.4, -0.2) is 22.0 Å². The smallest absolute Gasteiger partial charge is 0.409 e. The van der Waals surface area contributed by atoms with E-state index in [0.717, 1.165) is 0 Å². The molecular weight excluding hydrogens is 303 g/mol. The first-order valence-electron chi connectivity index (χ1n) is 6.72. The molecule has 2 amide bonds. The number of hydrogen-bond donors (Lipinski definition) is 2. The highest BCUT2D eigenvalue weighted by Crippen LogP contribution is 2.30. The number of anilines is 1. The van der Waals surface area contributed by atoms with Gasteiger partial charge in [0.25, 0.3) is 0 Å². The minimum atomic E-state index is -1.14. The van der Waals surface area contributed by atoms with E-state index in [2.05, 4.69) is 15.3 Å². The first-order valence-corrected chi connectivity index (χ1v) is 6.72. The summed E-state index contributed by atoms with van der Waals surface area (Å²) in [7, 11) is 0. The lowest BCUT2D eigenvalue weighted by Gasteiger charge is -2.11. The van der Waals surface area contributed by atoms with Crippen LogP contribution in [0.1, 0.15) is 25.6 Å². The van der Waals surface area contributed by atoms with Gasteiger partial charge in [-0.2, -0.15) is 0 Å². The van der Waals surface area contributed by atoms with Crippen LogP contribution in [0, 0.1) is 0 Å². The van der Waals surface area contributed by atoms with Crippen molar-refractivity contribution in [3.05, 3.63) is 36.2 Å². The van der Waals surface area contributed by atoms with Crippen LogP contribution in [0.5, 0.6) is 5.75 Å². The number of alkyl halides is 1. The summed E-state index contributed by atoms with van der Waals surface area (Å²) in [5.74, 6) is -0.0361. The predicted molar refractivity (Wildman–Crippen MR) is 81.5 cm³/mol. The molecule has 0 aliphatic heterocycles. The minimum absolute atomic E-state index is 0.0878. The zero-order chi connectivity index (χ0) is 17.0. The van der Waals surface area contributed by atoms with E-state index in [0.29, 0.717) is 16.8 Å². The topological polar surface area (TPSA) is 107 Å². The molecule has 2 rings (SSSR count). The molecule has 2 heterocycles. The molecule has 0 spiro atoms. The van der Waals surface area contributed by atoms with Crippen molar-refractivity contribution in [1.29, 1.82) is 0 Å². The molecule has 2 aromatic rings. The number of primary amides is 1. The van der Waals surface area contributed by atoms with E-state index < -0.39 is 12.3 Å². The summed E-state index contributed by atoms with van der Waals surface area (Å²) in [4.78, 5) is 30.3. The van der Waals surface area contributed by atoms with E-state index in [4.69, 9.17) is 10.5 Å². The summed E-state index contributed by atoms with van der Waals surface area (Å²) >= 11 is 0. The lowest BCUT2D eigenvalue weighted by Crippen LogP contribution is -2.17. The normalized spacial score (nSPS) is 11.6. The molecule has 0 aliphatic carbocycles. The van der Waals surface area contributed by atoms with Gasteiger partial charge < -0.3 is 15.8 Å². The van der Waals surface area contributed by atoms with Crippen LogP contribution >= 0.6 is 0 Å². The Hall–Kier alpha value is -3.03. The van der Waals surface area contributed by atoms with E-state index in [1.54, 1.807) is 12.1 Å². The van der Waals surface area contributed by atoms with Gasteiger partial charge in [-0.1, -0.05) is 6.07 Å². The number of rotatable bonds is 4. The van der Waals surface area contributed by atoms with E-state index >= 15 is 0 Å². The number of nitrogens with two attached hydrogens (primary N) is 1. The first-order chi connectivity index (χ1) is 10.9. The second-order valence-electron chi connectivity index (χ2n) is 4.76. The third-order valence-electron chi connectivity index (χ3n) is 2.90. The molecule has 0 bridgehead atoms. The number of carbonyl (C=O) groups is 2. The third kappa shape index (κ3) is 4.22. The number of amides is 2. The first kappa shape index (κ1) is 16.3. The average Bonchev–Trinajstić information content (AvgIpc) is 2.46. The summed E-state index contributed by atoms with van der Waals surface area (Å²) < 4.78 is 18.1. The van der Waals surface area contributed by atoms with Crippen LogP contribution in [0.4, 0.5) is 15.0 Å². The van der Waals surface area contributed by atoms with Crippen molar-refractivity contribution >= 4 is 17.8 Å². The van der Waals surface area contributed by atoms with E-state index in [9.17, 15) is 14.0 Å². The summed E-state index contributed by atoms with van der Waals surface area (Å²) in [6, 6.07) is 4.51. The van der Waals surface area contributed by atoms with Gasteiger partial charge in [-0.3, -0.25) is 9.78 Å². The third-order valence-corrected chi connectivity index (χ3v) is 2.90.